The Hall–Kier alpha value is -2.62. The highest BCUT2D eigenvalue weighted by Gasteiger charge is 2.28. The summed E-state index contributed by atoms with van der Waals surface area (Å²) < 4.78 is 0. The van der Waals surface area contributed by atoms with Gasteiger partial charge in [-0.05, 0) is 54.9 Å². The minimum Gasteiger partial charge on any atom is -0.354 e. The second-order valence-electron chi connectivity index (χ2n) is 8.48. The molecular formula is C26H36N2O2. The molecule has 2 amide bonds. The van der Waals surface area contributed by atoms with Gasteiger partial charge in [0.05, 0.1) is 6.42 Å². The summed E-state index contributed by atoms with van der Waals surface area (Å²) in [7, 11) is 0. The molecule has 1 unspecified atom stereocenters. The molecule has 0 bridgehead atoms. The van der Waals surface area contributed by atoms with Crippen LogP contribution in [0.15, 0.2) is 48.5 Å². The third-order valence-corrected chi connectivity index (χ3v) is 5.48. The SMILES string of the molecule is CCC(C(=O)NCC(C)C)N(CCc1ccccc1)C(=O)Cc1ccc(C)c(C)c1. The minimum absolute atomic E-state index is 0.000677. The number of carbonyl (C=O) groups excluding carboxylic acids is 2. The molecule has 0 aromatic heterocycles. The smallest absolute Gasteiger partial charge is 0.242 e. The van der Waals surface area contributed by atoms with E-state index in [9.17, 15) is 9.59 Å². The van der Waals surface area contributed by atoms with Gasteiger partial charge < -0.3 is 10.2 Å². The highest BCUT2D eigenvalue weighted by Crippen LogP contribution is 2.15. The molecular weight excluding hydrogens is 372 g/mol. The summed E-state index contributed by atoms with van der Waals surface area (Å²) >= 11 is 0. The Kier molecular flexibility index (Phi) is 9.10. The van der Waals surface area contributed by atoms with E-state index < -0.39 is 6.04 Å². The van der Waals surface area contributed by atoms with Crippen LogP contribution in [0.25, 0.3) is 0 Å². The number of hydrogen-bond donors (Lipinski definition) is 1. The van der Waals surface area contributed by atoms with Gasteiger partial charge in [-0.1, -0.05) is 69.3 Å². The van der Waals surface area contributed by atoms with Crippen LogP contribution in [-0.2, 0) is 22.4 Å². The molecule has 2 rings (SSSR count). The molecule has 1 atom stereocenters. The number of rotatable bonds is 10. The highest BCUT2D eigenvalue weighted by atomic mass is 16.2. The van der Waals surface area contributed by atoms with Gasteiger partial charge in [-0.2, -0.15) is 0 Å². The fraction of sp³-hybridized carbons (Fsp3) is 0.462. The van der Waals surface area contributed by atoms with E-state index in [0.29, 0.717) is 31.8 Å². The molecule has 2 aromatic carbocycles. The number of benzene rings is 2. The van der Waals surface area contributed by atoms with Crippen molar-refractivity contribution in [3.63, 3.8) is 0 Å². The van der Waals surface area contributed by atoms with E-state index in [0.717, 1.165) is 12.0 Å². The number of carbonyl (C=O) groups is 2. The molecule has 1 N–H and O–H groups in total. The molecule has 0 aliphatic carbocycles. The molecule has 0 aliphatic heterocycles. The molecule has 0 radical (unpaired) electrons. The second kappa shape index (κ2) is 11.5. The van der Waals surface area contributed by atoms with Crippen LogP contribution in [0.3, 0.4) is 0 Å². The molecule has 0 saturated carbocycles. The van der Waals surface area contributed by atoms with E-state index in [1.165, 1.54) is 16.7 Å². The molecule has 30 heavy (non-hydrogen) atoms. The van der Waals surface area contributed by atoms with Gasteiger partial charge in [0, 0.05) is 13.1 Å². The number of nitrogens with one attached hydrogen (secondary N) is 1. The Labute approximate surface area is 181 Å². The molecule has 4 nitrogen and oxygen atoms in total. The summed E-state index contributed by atoms with van der Waals surface area (Å²) in [5, 5.41) is 3.01. The van der Waals surface area contributed by atoms with E-state index in [1.807, 2.05) is 31.2 Å². The molecule has 162 valence electrons. The van der Waals surface area contributed by atoms with Gasteiger partial charge >= 0.3 is 0 Å². The van der Waals surface area contributed by atoms with E-state index >= 15 is 0 Å². The summed E-state index contributed by atoms with van der Waals surface area (Å²) in [5.74, 6) is 0.309. The maximum Gasteiger partial charge on any atom is 0.242 e. The van der Waals surface area contributed by atoms with Crippen LogP contribution in [0.4, 0.5) is 0 Å². The van der Waals surface area contributed by atoms with Gasteiger partial charge in [0.15, 0.2) is 0 Å². The van der Waals surface area contributed by atoms with Crippen molar-refractivity contribution < 1.29 is 9.59 Å². The van der Waals surface area contributed by atoms with Crippen LogP contribution < -0.4 is 5.32 Å². The first-order chi connectivity index (χ1) is 14.3. The van der Waals surface area contributed by atoms with Gasteiger partial charge in [0.2, 0.25) is 11.8 Å². The molecule has 0 aliphatic rings. The fourth-order valence-corrected chi connectivity index (χ4v) is 3.51. The Morgan fingerprint density at radius 2 is 1.67 bits per heavy atom. The van der Waals surface area contributed by atoms with E-state index in [-0.39, 0.29) is 11.8 Å². The molecule has 0 saturated heterocycles. The largest absolute Gasteiger partial charge is 0.354 e. The summed E-state index contributed by atoms with van der Waals surface area (Å²) in [6, 6.07) is 15.8. The lowest BCUT2D eigenvalue weighted by atomic mass is 10.0. The predicted octanol–water partition coefficient (Wildman–Crippen LogP) is 4.47. The van der Waals surface area contributed by atoms with Gasteiger partial charge in [-0.25, -0.2) is 0 Å². The summed E-state index contributed by atoms with van der Waals surface area (Å²) in [6.07, 6.45) is 1.63. The molecule has 0 heterocycles. The van der Waals surface area contributed by atoms with Crippen LogP contribution >= 0.6 is 0 Å². The number of hydrogen-bond acceptors (Lipinski definition) is 2. The molecule has 0 fully saturated rings. The maximum absolute atomic E-state index is 13.3. The lowest BCUT2D eigenvalue weighted by Crippen LogP contribution is -2.51. The molecule has 4 heteroatoms. The second-order valence-corrected chi connectivity index (χ2v) is 8.48. The Morgan fingerprint density at radius 3 is 2.27 bits per heavy atom. The van der Waals surface area contributed by atoms with Crippen LogP contribution in [0.2, 0.25) is 0 Å². The lowest BCUT2D eigenvalue weighted by molar-refractivity contribution is -0.140. The van der Waals surface area contributed by atoms with Crippen molar-refractivity contribution in [1.82, 2.24) is 10.2 Å². The summed E-state index contributed by atoms with van der Waals surface area (Å²) in [5.41, 5.74) is 4.55. The zero-order valence-corrected chi connectivity index (χ0v) is 19.1. The quantitative estimate of drug-likeness (QED) is 0.631. The van der Waals surface area contributed by atoms with Crippen LogP contribution in [-0.4, -0.2) is 35.8 Å². The van der Waals surface area contributed by atoms with Crippen molar-refractivity contribution in [1.29, 1.82) is 0 Å². The number of amides is 2. The zero-order chi connectivity index (χ0) is 22.1. The fourth-order valence-electron chi connectivity index (χ4n) is 3.51. The average molecular weight is 409 g/mol. The van der Waals surface area contributed by atoms with Gasteiger partial charge in [0.1, 0.15) is 6.04 Å². The van der Waals surface area contributed by atoms with Crippen molar-refractivity contribution >= 4 is 11.8 Å². The Bertz CT molecular complexity index is 830. The molecule has 2 aromatic rings. The van der Waals surface area contributed by atoms with Crippen molar-refractivity contribution in [2.75, 3.05) is 13.1 Å². The van der Waals surface area contributed by atoms with Crippen LogP contribution in [0, 0.1) is 19.8 Å². The minimum atomic E-state index is -0.452. The Balaban J connectivity index is 2.20. The zero-order valence-electron chi connectivity index (χ0n) is 19.1. The van der Waals surface area contributed by atoms with Crippen LogP contribution in [0.1, 0.15) is 49.4 Å². The van der Waals surface area contributed by atoms with Crippen molar-refractivity contribution in [3.8, 4) is 0 Å². The van der Waals surface area contributed by atoms with E-state index in [4.69, 9.17) is 0 Å². The third-order valence-electron chi connectivity index (χ3n) is 5.48. The average Bonchev–Trinajstić information content (AvgIpc) is 2.72. The van der Waals surface area contributed by atoms with E-state index in [1.54, 1.807) is 4.90 Å². The normalized spacial score (nSPS) is 11.9. The first-order valence-corrected chi connectivity index (χ1v) is 11.0. The standard InChI is InChI=1S/C26H36N2O2/c1-6-24(26(30)27-18-19(2)3)28(15-14-22-10-8-7-9-11-22)25(29)17-23-13-12-20(4)21(5)16-23/h7-13,16,19,24H,6,14-15,17-18H2,1-5H3,(H,27,30). The van der Waals surface area contributed by atoms with E-state index in [2.05, 4.69) is 57.3 Å². The first kappa shape index (κ1) is 23.7. The third kappa shape index (κ3) is 7.01. The van der Waals surface area contributed by atoms with Gasteiger partial charge in [0.25, 0.3) is 0 Å². The monoisotopic (exact) mass is 408 g/mol. The molecule has 0 spiro atoms. The predicted molar refractivity (Wildman–Crippen MR) is 123 cm³/mol. The van der Waals surface area contributed by atoms with Crippen molar-refractivity contribution in [2.45, 2.75) is 59.9 Å². The van der Waals surface area contributed by atoms with Crippen molar-refractivity contribution in [2.24, 2.45) is 5.92 Å². The summed E-state index contributed by atoms with van der Waals surface area (Å²) in [4.78, 5) is 28.0. The maximum atomic E-state index is 13.3. The van der Waals surface area contributed by atoms with Crippen molar-refractivity contribution in [3.05, 3.63) is 70.8 Å². The lowest BCUT2D eigenvalue weighted by Gasteiger charge is -2.31. The topological polar surface area (TPSA) is 49.4 Å². The van der Waals surface area contributed by atoms with Gasteiger partial charge in [-0.15, -0.1) is 0 Å². The van der Waals surface area contributed by atoms with Gasteiger partial charge in [-0.3, -0.25) is 9.59 Å². The van der Waals surface area contributed by atoms with Crippen LogP contribution in [0.5, 0.6) is 0 Å². The summed E-state index contributed by atoms with van der Waals surface area (Å²) in [6.45, 7) is 11.4. The Morgan fingerprint density at radius 1 is 0.967 bits per heavy atom. The number of nitrogens with zero attached hydrogens (tertiary/aromatic N) is 1. The highest BCUT2D eigenvalue weighted by molar-refractivity contribution is 5.88. The first-order valence-electron chi connectivity index (χ1n) is 11.0. The number of aryl methyl sites for hydroxylation is 2.